The SMILES string of the molecule is CCC(C#N)C(=O)NC1CCCC1SC. The Hall–Kier alpha value is -0.690. The molecule has 1 saturated carbocycles. The molecule has 84 valence electrons. The van der Waals surface area contributed by atoms with E-state index in [2.05, 4.69) is 11.6 Å². The number of carbonyl (C=O) groups is 1. The summed E-state index contributed by atoms with van der Waals surface area (Å²) in [5.41, 5.74) is 0. The topological polar surface area (TPSA) is 52.9 Å². The van der Waals surface area contributed by atoms with E-state index in [1.165, 1.54) is 12.8 Å². The fraction of sp³-hybridized carbons (Fsp3) is 0.818. The molecule has 0 aromatic carbocycles. The van der Waals surface area contributed by atoms with E-state index in [4.69, 9.17) is 5.26 Å². The Morgan fingerprint density at radius 3 is 2.93 bits per heavy atom. The van der Waals surface area contributed by atoms with Crippen LogP contribution in [0.2, 0.25) is 0 Å². The van der Waals surface area contributed by atoms with Crippen LogP contribution in [-0.4, -0.2) is 23.5 Å². The summed E-state index contributed by atoms with van der Waals surface area (Å²) in [6.45, 7) is 1.87. The van der Waals surface area contributed by atoms with Crippen molar-refractivity contribution in [1.82, 2.24) is 5.32 Å². The number of nitrogens with zero attached hydrogens (tertiary/aromatic N) is 1. The van der Waals surface area contributed by atoms with E-state index >= 15 is 0 Å². The zero-order chi connectivity index (χ0) is 11.3. The van der Waals surface area contributed by atoms with Crippen LogP contribution in [0.25, 0.3) is 0 Å². The molecule has 1 aliphatic rings. The van der Waals surface area contributed by atoms with E-state index in [1.807, 2.05) is 24.8 Å². The number of hydrogen-bond donors (Lipinski definition) is 1. The lowest BCUT2D eigenvalue weighted by Gasteiger charge is -2.20. The van der Waals surface area contributed by atoms with Crippen molar-refractivity contribution in [2.45, 2.75) is 43.9 Å². The molecule has 3 unspecified atom stereocenters. The first-order valence-electron chi connectivity index (χ1n) is 5.45. The van der Waals surface area contributed by atoms with Gasteiger partial charge in [-0.2, -0.15) is 17.0 Å². The van der Waals surface area contributed by atoms with Crippen LogP contribution in [0.1, 0.15) is 32.6 Å². The zero-order valence-electron chi connectivity index (χ0n) is 9.32. The Kier molecular flexibility index (Phi) is 4.97. The zero-order valence-corrected chi connectivity index (χ0v) is 10.1. The Labute approximate surface area is 95.6 Å². The molecule has 0 bridgehead atoms. The van der Waals surface area contributed by atoms with E-state index in [1.54, 1.807) is 0 Å². The fourth-order valence-corrected chi connectivity index (χ4v) is 2.93. The first kappa shape index (κ1) is 12.4. The van der Waals surface area contributed by atoms with Gasteiger partial charge in [0.15, 0.2) is 0 Å². The Bertz CT molecular complexity index is 262. The second kappa shape index (κ2) is 6.02. The molecule has 1 fully saturated rings. The second-order valence-corrected chi connectivity index (χ2v) is 4.99. The van der Waals surface area contributed by atoms with Gasteiger partial charge in [0.1, 0.15) is 5.92 Å². The molecule has 0 spiro atoms. The Balaban J connectivity index is 2.47. The van der Waals surface area contributed by atoms with Crippen molar-refractivity contribution >= 4 is 17.7 Å². The van der Waals surface area contributed by atoms with Crippen LogP contribution in [0.15, 0.2) is 0 Å². The molecule has 1 aliphatic carbocycles. The van der Waals surface area contributed by atoms with Crippen LogP contribution in [0.4, 0.5) is 0 Å². The molecule has 0 radical (unpaired) electrons. The summed E-state index contributed by atoms with van der Waals surface area (Å²) < 4.78 is 0. The summed E-state index contributed by atoms with van der Waals surface area (Å²) in [6.07, 6.45) is 6.09. The minimum atomic E-state index is -0.479. The van der Waals surface area contributed by atoms with Gasteiger partial charge in [-0.1, -0.05) is 13.3 Å². The fourth-order valence-electron chi connectivity index (χ4n) is 1.99. The summed E-state index contributed by atoms with van der Waals surface area (Å²) in [5, 5.41) is 12.3. The molecule has 1 amide bonds. The largest absolute Gasteiger partial charge is 0.351 e. The lowest BCUT2D eigenvalue weighted by molar-refractivity contribution is -0.124. The maximum atomic E-state index is 11.7. The number of carbonyl (C=O) groups excluding carboxylic acids is 1. The van der Waals surface area contributed by atoms with Crippen molar-refractivity contribution in [2.24, 2.45) is 5.92 Å². The highest BCUT2D eigenvalue weighted by molar-refractivity contribution is 7.99. The third-order valence-corrected chi connectivity index (χ3v) is 4.13. The van der Waals surface area contributed by atoms with Gasteiger partial charge in [0, 0.05) is 11.3 Å². The minimum Gasteiger partial charge on any atom is -0.351 e. The lowest BCUT2D eigenvalue weighted by Crippen LogP contribution is -2.41. The quantitative estimate of drug-likeness (QED) is 0.797. The lowest BCUT2D eigenvalue weighted by atomic mass is 10.1. The van der Waals surface area contributed by atoms with Gasteiger partial charge in [0.2, 0.25) is 5.91 Å². The number of amides is 1. The van der Waals surface area contributed by atoms with Gasteiger partial charge >= 0.3 is 0 Å². The molecule has 0 aromatic rings. The van der Waals surface area contributed by atoms with Crippen LogP contribution in [0.3, 0.4) is 0 Å². The van der Waals surface area contributed by atoms with E-state index in [-0.39, 0.29) is 11.9 Å². The van der Waals surface area contributed by atoms with Crippen molar-refractivity contribution in [2.75, 3.05) is 6.26 Å². The predicted molar refractivity (Wildman–Crippen MR) is 62.5 cm³/mol. The van der Waals surface area contributed by atoms with Crippen molar-refractivity contribution < 1.29 is 4.79 Å². The van der Waals surface area contributed by atoms with E-state index < -0.39 is 5.92 Å². The maximum absolute atomic E-state index is 11.7. The average molecular weight is 226 g/mol. The molecular weight excluding hydrogens is 208 g/mol. The van der Waals surface area contributed by atoms with Gasteiger partial charge in [-0.15, -0.1) is 0 Å². The van der Waals surface area contributed by atoms with Crippen LogP contribution in [0, 0.1) is 17.2 Å². The first-order valence-corrected chi connectivity index (χ1v) is 6.74. The summed E-state index contributed by atoms with van der Waals surface area (Å²) in [7, 11) is 0. The standard InChI is InChI=1S/C11H18N2OS/c1-3-8(7-12)11(14)13-9-5-4-6-10(9)15-2/h8-10H,3-6H2,1-2H3,(H,13,14). The van der Waals surface area contributed by atoms with Crippen LogP contribution in [-0.2, 0) is 4.79 Å². The summed E-state index contributed by atoms with van der Waals surface area (Å²) in [5.74, 6) is -0.570. The van der Waals surface area contributed by atoms with E-state index in [0.717, 1.165) is 6.42 Å². The smallest absolute Gasteiger partial charge is 0.237 e. The highest BCUT2D eigenvalue weighted by atomic mass is 32.2. The summed E-state index contributed by atoms with van der Waals surface area (Å²) in [6, 6.07) is 2.31. The third kappa shape index (κ3) is 3.13. The number of nitriles is 1. The van der Waals surface area contributed by atoms with Crippen LogP contribution < -0.4 is 5.32 Å². The van der Waals surface area contributed by atoms with Gasteiger partial charge in [0.05, 0.1) is 6.07 Å². The predicted octanol–water partition coefficient (Wildman–Crippen LogP) is 1.94. The summed E-state index contributed by atoms with van der Waals surface area (Å²) in [4.78, 5) is 11.7. The van der Waals surface area contributed by atoms with Crippen molar-refractivity contribution in [3.8, 4) is 6.07 Å². The number of nitrogens with one attached hydrogen (secondary N) is 1. The third-order valence-electron chi connectivity index (χ3n) is 2.96. The number of thioether (sulfide) groups is 1. The molecule has 0 heterocycles. The van der Waals surface area contributed by atoms with E-state index in [0.29, 0.717) is 11.7 Å². The van der Waals surface area contributed by atoms with Gasteiger partial charge in [-0.05, 0) is 25.5 Å². The van der Waals surface area contributed by atoms with Crippen molar-refractivity contribution in [3.05, 3.63) is 0 Å². The van der Waals surface area contributed by atoms with Gasteiger partial charge in [-0.25, -0.2) is 0 Å². The number of hydrogen-bond acceptors (Lipinski definition) is 3. The molecule has 0 saturated heterocycles. The monoisotopic (exact) mass is 226 g/mol. The molecular formula is C11H18N2OS. The normalized spacial score (nSPS) is 27.0. The molecule has 1 N–H and O–H groups in total. The molecule has 15 heavy (non-hydrogen) atoms. The Morgan fingerprint density at radius 1 is 1.67 bits per heavy atom. The first-order chi connectivity index (χ1) is 7.22. The van der Waals surface area contributed by atoms with Crippen LogP contribution in [0.5, 0.6) is 0 Å². The van der Waals surface area contributed by atoms with Gasteiger partial charge in [0.25, 0.3) is 0 Å². The highest BCUT2D eigenvalue weighted by Gasteiger charge is 2.29. The molecule has 4 heteroatoms. The number of rotatable bonds is 4. The second-order valence-electron chi connectivity index (χ2n) is 3.91. The maximum Gasteiger partial charge on any atom is 0.237 e. The Morgan fingerprint density at radius 2 is 2.40 bits per heavy atom. The van der Waals surface area contributed by atoms with E-state index in [9.17, 15) is 4.79 Å². The minimum absolute atomic E-state index is 0.0917. The van der Waals surface area contributed by atoms with Gasteiger partial charge in [-0.3, -0.25) is 4.79 Å². The molecule has 0 aliphatic heterocycles. The molecule has 3 atom stereocenters. The van der Waals surface area contributed by atoms with Crippen LogP contribution >= 0.6 is 11.8 Å². The highest BCUT2D eigenvalue weighted by Crippen LogP contribution is 2.28. The molecule has 0 aromatic heterocycles. The average Bonchev–Trinajstić information content (AvgIpc) is 2.67. The van der Waals surface area contributed by atoms with Gasteiger partial charge < -0.3 is 5.32 Å². The molecule has 3 nitrogen and oxygen atoms in total. The summed E-state index contributed by atoms with van der Waals surface area (Å²) >= 11 is 1.81. The van der Waals surface area contributed by atoms with Crippen molar-refractivity contribution in [1.29, 1.82) is 5.26 Å². The van der Waals surface area contributed by atoms with Crippen molar-refractivity contribution in [3.63, 3.8) is 0 Å². The molecule has 1 rings (SSSR count).